The quantitative estimate of drug-likeness (QED) is 0.746. The number of methoxy groups -OCH3 is 1. The largest absolute Gasteiger partial charge is 0.465 e. The second-order valence-corrected chi connectivity index (χ2v) is 10.0. The molecule has 9 heteroatoms. The van der Waals surface area contributed by atoms with E-state index in [4.69, 9.17) is 4.74 Å². The van der Waals surface area contributed by atoms with Gasteiger partial charge in [-0.25, -0.2) is 13.2 Å². The van der Waals surface area contributed by atoms with E-state index in [1.54, 1.807) is 24.3 Å². The zero-order valence-electron chi connectivity index (χ0n) is 16.8. The lowest BCUT2D eigenvalue weighted by Crippen LogP contribution is -2.40. The predicted molar refractivity (Wildman–Crippen MR) is 111 cm³/mol. The summed E-state index contributed by atoms with van der Waals surface area (Å²) in [6, 6.07) is 12.4. The van der Waals surface area contributed by atoms with E-state index in [1.807, 2.05) is 0 Å². The molecule has 1 N–H and O–H groups in total. The van der Waals surface area contributed by atoms with Gasteiger partial charge in [-0.2, -0.15) is 0 Å². The van der Waals surface area contributed by atoms with Crippen molar-refractivity contribution in [2.45, 2.75) is 29.9 Å². The van der Waals surface area contributed by atoms with Crippen LogP contribution < -0.4 is 10.2 Å². The molecule has 1 aliphatic rings. The van der Waals surface area contributed by atoms with E-state index in [0.717, 1.165) is 4.90 Å². The Labute approximate surface area is 174 Å². The summed E-state index contributed by atoms with van der Waals surface area (Å²) in [6.45, 7) is 2.58. The maximum absolute atomic E-state index is 13.0. The molecule has 0 radical (unpaired) electrons. The van der Waals surface area contributed by atoms with Crippen LogP contribution in [0.5, 0.6) is 0 Å². The zero-order chi connectivity index (χ0) is 22.1. The van der Waals surface area contributed by atoms with E-state index in [2.05, 4.69) is 5.32 Å². The number of nitrogens with one attached hydrogen (secondary N) is 1. The Kier molecular flexibility index (Phi) is 5.67. The first-order valence-corrected chi connectivity index (χ1v) is 10.7. The number of carbonyl (C=O) groups excluding carboxylic acids is 3. The minimum absolute atomic E-state index is 0.00334. The summed E-state index contributed by atoms with van der Waals surface area (Å²) in [4.78, 5) is 38.7. The fourth-order valence-corrected chi connectivity index (χ4v) is 4.90. The third kappa shape index (κ3) is 3.80. The molecule has 2 aromatic rings. The highest BCUT2D eigenvalue weighted by atomic mass is 32.2. The van der Waals surface area contributed by atoms with Gasteiger partial charge in [0.25, 0.3) is 0 Å². The van der Waals surface area contributed by atoms with Crippen LogP contribution in [0.3, 0.4) is 0 Å². The lowest BCUT2D eigenvalue weighted by Gasteiger charge is -2.22. The van der Waals surface area contributed by atoms with Crippen LogP contribution in [0, 0.1) is 0 Å². The van der Waals surface area contributed by atoms with Crippen LogP contribution in [0.25, 0.3) is 0 Å². The summed E-state index contributed by atoms with van der Waals surface area (Å²) in [5, 5.41) is 2.60. The van der Waals surface area contributed by atoms with Crippen molar-refractivity contribution in [3.05, 3.63) is 54.1 Å². The SMILES string of the molecule is COC(=O)c1ccccc1NC(=O)CN1C(=O)CC(C)(C)S(=O)(=O)c2ccccc21. The fourth-order valence-electron chi connectivity index (χ4n) is 3.28. The van der Waals surface area contributed by atoms with Crippen LogP contribution in [-0.2, 0) is 24.2 Å². The van der Waals surface area contributed by atoms with Gasteiger partial charge >= 0.3 is 5.97 Å². The first-order valence-electron chi connectivity index (χ1n) is 9.20. The molecule has 0 saturated heterocycles. The molecule has 1 heterocycles. The van der Waals surface area contributed by atoms with Crippen molar-refractivity contribution in [2.75, 3.05) is 23.9 Å². The molecule has 0 saturated carbocycles. The molecule has 0 aliphatic carbocycles. The Hall–Kier alpha value is -3.20. The van der Waals surface area contributed by atoms with Crippen LogP contribution in [0.15, 0.2) is 53.4 Å². The molecule has 0 aromatic heterocycles. The second kappa shape index (κ2) is 7.91. The molecule has 30 heavy (non-hydrogen) atoms. The van der Waals surface area contributed by atoms with Gasteiger partial charge in [0.1, 0.15) is 6.54 Å². The Bertz CT molecular complexity index is 1120. The van der Waals surface area contributed by atoms with Gasteiger partial charge in [-0.15, -0.1) is 0 Å². The average Bonchev–Trinajstić information content (AvgIpc) is 2.75. The van der Waals surface area contributed by atoms with Crippen molar-refractivity contribution in [3.8, 4) is 0 Å². The minimum atomic E-state index is -3.79. The number of benzene rings is 2. The highest BCUT2D eigenvalue weighted by Gasteiger charge is 2.44. The first kappa shape index (κ1) is 21.5. The number of ether oxygens (including phenoxy) is 1. The van der Waals surface area contributed by atoms with E-state index in [-0.39, 0.29) is 28.3 Å². The molecular weight excluding hydrogens is 408 g/mol. The third-order valence-corrected chi connectivity index (χ3v) is 7.48. The number of para-hydroxylation sites is 2. The number of carbonyl (C=O) groups is 3. The number of rotatable bonds is 4. The number of sulfone groups is 1. The molecule has 1 aliphatic heterocycles. The van der Waals surface area contributed by atoms with Crippen LogP contribution in [0.2, 0.25) is 0 Å². The summed E-state index contributed by atoms with van der Waals surface area (Å²) in [6.07, 6.45) is -0.268. The molecule has 0 bridgehead atoms. The lowest BCUT2D eigenvalue weighted by molar-refractivity contribution is -0.121. The second-order valence-electron chi connectivity index (χ2n) is 7.47. The van der Waals surface area contributed by atoms with Gasteiger partial charge in [0.15, 0.2) is 9.84 Å². The molecular formula is C21H22N2O6S. The number of hydrogen-bond acceptors (Lipinski definition) is 6. The van der Waals surface area contributed by atoms with Crippen LogP contribution in [0.1, 0.15) is 30.6 Å². The normalized spacial score (nSPS) is 16.9. The highest BCUT2D eigenvalue weighted by Crippen LogP contribution is 2.38. The maximum atomic E-state index is 13.0. The van der Waals surface area contributed by atoms with Gasteiger partial charge in [0, 0.05) is 6.42 Å². The van der Waals surface area contributed by atoms with Crippen LogP contribution in [0.4, 0.5) is 11.4 Å². The number of nitrogens with zero attached hydrogens (tertiary/aromatic N) is 1. The van der Waals surface area contributed by atoms with Gasteiger partial charge in [0.05, 0.1) is 33.7 Å². The molecule has 2 aromatic carbocycles. The summed E-state index contributed by atoms with van der Waals surface area (Å²) < 4.78 is 29.5. The van der Waals surface area contributed by atoms with E-state index in [0.29, 0.717) is 0 Å². The van der Waals surface area contributed by atoms with Crippen molar-refractivity contribution in [1.29, 1.82) is 0 Å². The topological polar surface area (TPSA) is 110 Å². The van der Waals surface area contributed by atoms with Crippen LogP contribution >= 0.6 is 0 Å². The van der Waals surface area contributed by atoms with Crippen molar-refractivity contribution >= 4 is 39.0 Å². The monoisotopic (exact) mass is 430 g/mol. The highest BCUT2D eigenvalue weighted by molar-refractivity contribution is 7.93. The summed E-state index contributed by atoms with van der Waals surface area (Å²) >= 11 is 0. The Morgan fingerprint density at radius 1 is 1.10 bits per heavy atom. The summed E-state index contributed by atoms with van der Waals surface area (Å²) in [7, 11) is -2.56. The molecule has 158 valence electrons. The summed E-state index contributed by atoms with van der Waals surface area (Å²) in [5.74, 6) is -1.67. The number of esters is 1. The van der Waals surface area contributed by atoms with Crippen molar-refractivity contribution in [2.24, 2.45) is 0 Å². The smallest absolute Gasteiger partial charge is 0.339 e. The number of hydrogen-bond donors (Lipinski definition) is 1. The van der Waals surface area contributed by atoms with Gasteiger partial charge in [0.2, 0.25) is 11.8 Å². The van der Waals surface area contributed by atoms with E-state index < -0.39 is 38.9 Å². The van der Waals surface area contributed by atoms with Gasteiger partial charge in [-0.3, -0.25) is 9.59 Å². The summed E-state index contributed by atoms with van der Waals surface area (Å²) in [5.41, 5.74) is 0.557. The maximum Gasteiger partial charge on any atom is 0.339 e. The molecule has 0 unspecified atom stereocenters. The molecule has 2 amide bonds. The van der Waals surface area contributed by atoms with E-state index >= 15 is 0 Å². The number of fused-ring (bicyclic) bond motifs is 1. The fraction of sp³-hybridized carbons (Fsp3) is 0.286. The number of amides is 2. The zero-order valence-corrected chi connectivity index (χ0v) is 17.7. The van der Waals surface area contributed by atoms with Crippen molar-refractivity contribution < 1.29 is 27.5 Å². The molecule has 0 atom stereocenters. The van der Waals surface area contributed by atoms with E-state index in [1.165, 1.54) is 45.2 Å². The first-order chi connectivity index (χ1) is 14.1. The van der Waals surface area contributed by atoms with Crippen molar-refractivity contribution in [1.82, 2.24) is 0 Å². The Balaban J connectivity index is 1.94. The van der Waals surface area contributed by atoms with Crippen molar-refractivity contribution in [3.63, 3.8) is 0 Å². The Morgan fingerprint density at radius 2 is 1.73 bits per heavy atom. The van der Waals surface area contributed by atoms with Gasteiger partial charge in [-0.1, -0.05) is 24.3 Å². The lowest BCUT2D eigenvalue weighted by atomic mass is 10.1. The standard InChI is InChI=1S/C21H22N2O6S/c1-21(2)12-19(25)23(16-10-6-7-11-17(16)30(21,27)28)13-18(24)22-15-9-5-4-8-14(15)20(26)29-3/h4-11H,12-13H2,1-3H3,(H,22,24). The molecule has 0 spiro atoms. The Morgan fingerprint density at radius 3 is 2.43 bits per heavy atom. The van der Waals surface area contributed by atoms with Crippen LogP contribution in [-0.4, -0.2) is 44.6 Å². The predicted octanol–water partition coefficient (Wildman–Crippen LogP) is 2.40. The molecule has 0 fully saturated rings. The van der Waals surface area contributed by atoms with Gasteiger partial charge in [-0.05, 0) is 38.1 Å². The molecule has 3 rings (SSSR count). The minimum Gasteiger partial charge on any atom is -0.465 e. The van der Waals surface area contributed by atoms with E-state index in [9.17, 15) is 22.8 Å². The third-order valence-electron chi connectivity index (χ3n) is 4.96. The molecule has 8 nitrogen and oxygen atoms in total. The average molecular weight is 430 g/mol. The van der Waals surface area contributed by atoms with Gasteiger partial charge < -0.3 is 15.0 Å². The number of anilines is 2.